The smallest absolute Gasteiger partial charge is 0.226 e. The van der Waals surface area contributed by atoms with Gasteiger partial charge >= 0.3 is 0 Å². The summed E-state index contributed by atoms with van der Waals surface area (Å²) in [5.74, 6) is 7.00. The third-order valence-corrected chi connectivity index (χ3v) is 24.0. The second-order valence-electron chi connectivity index (χ2n) is 26.3. The van der Waals surface area contributed by atoms with Gasteiger partial charge in [-0.1, -0.05) is 166 Å². The van der Waals surface area contributed by atoms with E-state index in [-0.39, 0.29) is 45.6 Å². The van der Waals surface area contributed by atoms with Gasteiger partial charge in [-0.3, -0.25) is 9.59 Å². The predicted molar refractivity (Wildman–Crippen MR) is 298 cm³/mol. The van der Waals surface area contributed by atoms with E-state index in [1.807, 2.05) is 27.7 Å². The highest BCUT2D eigenvalue weighted by molar-refractivity contribution is 7.91. The van der Waals surface area contributed by atoms with E-state index in [1.54, 1.807) is 0 Å². The first-order valence-corrected chi connectivity index (χ1v) is 31.1. The molecule has 0 unspecified atom stereocenters. The Hall–Kier alpha value is -1.32. The van der Waals surface area contributed by atoms with Gasteiger partial charge in [-0.25, -0.2) is 26.3 Å². The summed E-state index contributed by atoms with van der Waals surface area (Å²) in [6.07, 6.45) is 3.70. The summed E-state index contributed by atoms with van der Waals surface area (Å²) in [7, 11) is -6.09. The molecular weight excluding hydrogens is 933 g/mol. The Morgan fingerprint density at radius 1 is 0.423 bits per heavy atom. The van der Waals surface area contributed by atoms with Crippen LogP contribution in [0.3, 0.4) is 0 Å². The zero-order valence-electron chi connectivity index (χ0n) is 50.2. The molecule has 0 aliphatic carbocycles. The molecule has 71 heavy (non-hydrogen) atoms. The van der Waals surface area contributed by atoms with Gasteiger partial charge in [0.2, 0.25) is 31.9 Å². The van der Waals surface area contributed by atoms with Crippen molar-refractivity contribution in [1.82, 2.24) is 20.1 Å². The van der Waals surface area contributed by atoms with Crippen LogP contribution in [0.25, 0.3) is 0 Å². The van der Waals surface area contributed by atoms with Gasteiger partial charge in [0.25, 0.3) is 0 Å². The number of nitrogens with one attached hydrogen (secondary N) is 4. The number of amides is 2. The third-order valence-electron chi connectivity index (χ3n) is 19.8. The van der Waals surface area contributed by atoms with Crippen molar-refractivity contribution in [2.45, 2.75) is 197 Å². The Balaban J connectivity index is 0.000000427. The van der Waals surface area contributed by atoms with Gasteiger partial charge in [0.1, 0.15) is 0 Å². The van der Waals surface area contributed by atoms with E-state index < -0.39 is 24.8 Å². The highest BCUT2D eigenvalue weighted by Crippen LogP contribution is 2.46. The number of carbonyl (C=O) groups is 2. The van der Waals surface area contributed by atoms with E-state index in [4.69, 9.17) is 9.47 Å². The van der Waals surface area contributed by atoms with E-state index >= 15 is 0 Å². The molecule has 4 N–H and O–H groups in total. The van der Waals surface area contributed by atoms with Crippen LogP contribution in [0.4, 0.5) is 0 Å². The number of hydrogen-bond acceptors (Lipinski definition) is 8. The van der Waals surface area contributed by atoms with Crippen molar-refractivity contribution in [2.75, 3.05) is 58.4 Å². The van der Waals surface area contributed by atoms with Crippen molar-refractivity contribution >= 4 is 31.9 Å². The summed E-state index contributed by atoms with van der Waals surface area (Å²) in [6, 6.07) is 0. The van der Waals surface area contributed by atoms with Crippen LogP contribution in [-0.4, -0.2) is 91.8 Å². The maximum Gasteiger partial charge on any atom is 0.226 e. The van der Waals surface area contributed by atoms with E-state index in [0.717, 1.165) is 76.0 Å². The van der Waals surface area contributed by atoms with Gasteiger partial charge in [-0.2, -0.15) is 0 Å². The first kappa shape index (κ1) is 67.7. The Morgan fingerprint density at radius 3 is 0.986 bits per heavy atom. The Morgan fingerprint density at radius 2 is 0.845 bits per heavy atom. The summed E-state index contributed by atoms with van der Waals surface area (Å²) in [4.78, 5) is 22.8. The zero-order chi connectivity index (χ0) is 55.5. The molecule has 6 heterocycles. The molecule has 0 atom stereocenters. The minimum absolute atomic E-state index is 0.0706. The van der Waals surface area contributed by atoms with Gasteiger partial charge in [-0.15, -0.1) is 0 Å². The molecule has 0 saturated carbocycles. The van der Waals surface area contributed by atoms with Crippen LogP contribution in [-0.2, 0) is 39.1 Å². The van der Waals surface area contributed by atoms with Gasteiger partial charge in [0, 0.05) is 60.9 Å². The molecule has 0 aromatic heterocycles. The molecular formula is C57H114N4O8S2. The molecule has 0 radical (unpaired) electrons. The second-order valence-corrected chi connectivity index (χ2v) is 30.1. The summed E-state index contributed by atoms with van der Waals surface area (Å²) in [5.41, 5.74) is 1.01. The molecule has 2 amide bonds. The number of rotatable bonds is 12. The van der Waals surface area contributed by atoms with Crippen molar-refractivity contribution in [1.29, 1.82) is 0 Å². The Bertz CT molecular complexity index is 1790. The Kier molecular flexibility index (Phi) is 25.9. The molecule has 6 aliphatic heterocycles. The van der Waals surface area contributed by atoms with Crippen molar-refractivity contribution in [2.24, 2.45) is 98.1 Å². The predicted octanol–water partition coefficient (Wildman–Crippen LogP) is 11.2. The van der Waals surface area contributed by atoms with Gasteiger partial charge < -0.3 is 20.1 Å². The van der Waals surface area contributed by atoms with E-state index in [2.05, 4.69) is 159 Å². The topological polar surface area (TPSA) is 169 Å². The second kappa shape index (κ2) is 27.1. The normalized spacial score (nSPS) is 23.8. The van der Waals surface area contributed by atoms with Gasteiger partial charge in [0.05, 0.1) is 35.7 Å². The van der Waals surface area contributed by atoms with Crippen molar-refractivity contribution < 1.29 is 35.9 Å². The maximum absolute atomic E-state index is 11.9. The fourth-order valence-electron chi connectivity index (χ4n) is 13.1. The summed E-state index contributed by atoms with van der Waals surface area (Å²) in [5, 5.41) is 5.87. The third kappa shape index (κ3) is 15.2. The lowest BCUT2D eigenvalue weighted by atomic mass is 9.67. The number of carbonyl (C=O) groups excluding carboxylic acids is 2. The average molecular weight is 1050 g/mol. The molecule has 14 heteroatoms. The number of hydrogen-bond donors (Lipinski definition) is 4. The molecule has 6 aliphatic rings. The fraction of sp³-hybridized carbons (Fsp3) is 0.965. The number of ether oxygens (including phenoxy) is 2. The fourth-order valence-corrected chi connectivity index (χ4v) is 17.4. The van der Waals surface area contributed by atoms with Gasteiger partial charge in [0.15, 0.2) is 0 Å². The number of sulfonamides is 2. The van der Waals surface area contributed by atoms with E-state index in [1.165, 1.54) is 6.42 Å². The SMILES string of the molecule is CC(C)C1(C(C)C)CCNC1=O.CC(C)C1(C(C)C)CCNS1(=O)=O.CC(C)C1(C(C)C)CCOC1.CC(C)C1(C(C)C)CNC(=O)C1.CC(C)C1(C(C)C)CNS(=O)(=O)C1.CC(C)C1(C(C)C)COC1. The minimum Gasteiger partial charge on any atom is -0.381 e. The highest BCUT2D eigenvalue weighted by atomic mass is 32.2. The zero-order valence-corrected chi connectivity index (χ0v) is 51.8. The molecule has 6 rings (SSSR count). The molecule has 0 aromatic rings. The van der Waals surface area contributed by atoms with Gasteiger partial charge in [-0.05, 0) is 90.3 Å². The van der Waals surface area contributed by atoms with Crippen LogP contribution in [0.5, 0.6) is 0 Å². The molecule has 0 bridgehead atoms. The summed E-state index contributed by atoms with van der Waals surface area (Å²) < 4.78 is 61.8. The van der Waals surface area contributed by atoms with Crippen LogP contribution in [0.2, 0.25) is 0 Å². The standard InChI is InChI=1S/2C10H19NO.C10H20O.2C9H19NO2S.C9H18O/c1-7(2)10(8(3)4)5-9(12)11-6-10;1-7(2)10(8(3)4)5-6-11-9(10)12;1-8(2)10(9(3)4)5-6-11-7-10;1-7(2)9(8(3)4)5-10-13(11,12)6-9;1-7(2)9(8(3)4)5-6-10-13(9,11)12;1-7(2)9(8(3)4)5-10-6-9/h2*7-8H,5-6H2,1-4H3,(H,11,12);8-9H,5-7H2,1-4H3;2*7-8,10H,5-6H2,1-4H3;7-8H,5-6H2,1-4H3. The largest absolute Gasteiger partial charge is 0.381 e. The average Bonchev–Trinajstić information content (AvgIpc) is 4.05. The monoisotopic (exact) mass is 1050 g/mol. The lowest BCUT2D eigenvalue weighted by molar-refractivity contribution is -0.164. The first-order chi connectivity index (χ1) is 32.3. The van der Waals surface area contributed by atoms with Crippen molar-refractivity contribution in [3.63, 3.8) is 0 Å². The molecule has 0 spiro atoms. The van der Waals surface area contributed by atoms with E-state index in [9.17, 15) is 26.4 Å². The minimum atomic E-state index is -3.10. The van der Waals surface area contributed by atoms with Crippen LogP contribution >= 0.6 is 0 Å². The van der Waals surface area contributed by atoms with Crippen molar-refractivity contribution in [3.05, 3.63) is 0 Å². The van der Waals surface area contributed by atoms with Crippen LogP contribution in [0.1, 0.15) is 192 Å². The van der Waals surface area contributed by atoms with E-state index in [0.29, 0.717) is 65.8 Å². The molecule has 422 valence electrons. The lowest BCUT2D eigenvalue weighted by Crippen LogP contribution is -2.50. The van der Waals surface area contributed by atoms with Crippen LogP contribution in [0, 0.1) is 98.1 Å². The molecule has 6 fully saturated rings. The highest BCUT2D eigenvalue weighted by Gasteiger charge is 2.53. The quantitative estimate of drug-likeness (QED) is 0.150. The first-order valence-electron chi connectivity index (χ1n) is 28.0. The lowest BCUT2D eigenvalue weighted by Gasteiger charge is -2.48. The molecule has 0 aromatic carbocycles. The van der Waals surface area contributed by atoms with Crippen LogP contribution in [0.15, 0.2) is 0 Å². The summed E-state index contributed by atoms with van der Waals surface area (Å²) >= 11 is 0. The molecule has 12 nitrogen and oxygen atoms in total. The summed E-state index contributed by atoms with van der Waals surface area (Å²) in [6.45, 7) is 59.0. The maximum atomic E-state index is 11.9. The molecule has 6 saturated heterocycles. The Labute approximate surface area is 438 Å². The van der Waals surface area contributed by atoms with Crippen molar-refractivity contribution in [3.8, 4) is 0 Å². The van der Waals surface area contributed by atoms with Crippen LogP contribution < -0.4 is 20.1 Å².